The normalized spacial score (nSPS) is 25.6. The highest BCUT2D eigenvalue weighted by Gasteiger charge is 2.48. The van der Waals surface area contributed by atoms with Crippen molar-refractivity contribution in [3.8, 4) is 10.6 Å². The first-order chi connectivity index (χ1) is 17.6. The lowest BCUT2D eigenvalue weighted by molar-refractivity contribution is -0.0546. The first-order valence-electron chi connectivity index (χ1n) is 12.9. The van der Waals surface area contributed by atoms with Crippen molar-refractivity contribution >= 4 is 33.3 Å². The molecule has 0 bridgehead atoms. The van der Waals surface area contributed by atoms with Crippen LogP contribution in [0, 0.1) is 25.7 Å². The summed E-state index contributed by atoms with van der Waals surface area (Å²) < 4.78 is 6.38. The van der Waals surface area contributed by atoms with Gasteiger partial charge in [0, 0.05) is 38.8 Å². The number of aromatic nitrogens is 4. The minimum absolute atomic E-state index is 0.0274. The van der Waals surface area contributed by atoms with Gasteiger partial charge in [0.15, 0.2) is 5.72 Å². The van der Waals surface area contributed by atoms with Crippen LogP contribution in [0.2, 0.25) is 0 Å². The number of rotatable bonds is 7. The molecule has 3 atom stereocenters. The summed E-state index contributed by atoms with van der Waals surface area (Å²) in [7, 11) is 0. The van der Waals surface area contributed by atoms with E-state index in [1.165, 1.54) is 11.3 Å². The molecule has 1 saturated carbocycles. The molecule has 5 N–H and O–H groups in total. The van der Waals surface area contributed by atoms with Crippen LogP contribution >= 0.6 is 11.3 Å². The predicted molar refractivity (Wildman–Crippen MR) is 144 cm³/mol. The third-order valence-corrected chi connectivity index (χ3v) is 8.78. The molecule has 0 amide bonds. The maximum absolute atomic E-state index is 11.5. The molecule has 2 fully saturated rings. The van der Waals surface area contributed by atoms with Crippen molar-refractivity contribution in [1.29, 1.82) is 0 Å². The van der Waals surface area contributed by atoms with Crippen LogP contribution in [0.3, 0.4) is 0 Å². The second-order valence-corrected chi connectivity index (χ2v) is 11.8. The summed E-state index contributed by atoms with van der Waals surface area (Å²) in [5, 5.41) is 40.6. The second-order valence-electron chi connectivity index (χ2n) is 10.7. The number of ether oxygens (including phenoxy) is 1. The third kappa shape index (κ3) is 5.15. The van der Waals surface area contributed by atoms with Crippen molar-refractivity contribution < 1.29 is 20.1 Å². The molecule has 0 aromatic carbocycles. The Morgan fingerprint density at radius 3 is 2.54 bits per heavy atom. The first-order valence-corrected chi connectivity index (χ1v) is 13.7. The molecule has 5 rings (SSSR count). The van der Waals surface area contributed by atoms with Gasteiger partial charge in [0.1, 0.15) is 22.4 Å². The van der Waals surface area contributed by atoms with Crippen LogP contribution in [0.25, 0.3) is 20.8 Å². The van der Waals surface area contributed by atoms with Crippen LogP contribution in [-0.2, 0) is 4.74 Å². The summed E-state index contributed by atoms with van der Waals surface area (Å²) in [6.07, 6.45) is 2.98. The molecule has 4 heterocycles. The summed E-state index contributed by atoms with van der Waals surface area (Å²) in [6, 6.07) is 1.93. The standard InChI is InChI=1S/C26H36N6O4S/c1-14(2)17-5-7-26(35,21(17)33)32-22-19(23-30-20-16(4)27-10-6-18(20)37-23)15(3)29-24(31-22)28-13-25(34)8-11-36-12-9-25/h6,10,14,17,21,33-35H,5,7-9,11-13H2,1-4H3,(H2,28,29,31,32). The molecule has 1 aliphatic heterocycles. The molecule has 3 aromatic rings. The van der Waals surface area contributed by atoms with Crippen LogP contribution < -0.4 is 10.6 Å². The number of nitrogens with zero attached hydrogens (tertiary/aromatic N) is 4. The molecule has 0 spiro atoms. The van der Waals surface area contributed by atoms with Gasteiger partial charge in [-0.05, 0) is 44.6 Å². The van der Waals surface area contributed by atoms with E-state index in [4.69, 9.17) is 14.7 Å². The quantitative estimate of drug-likeness (QED) is 0.290. The Labute approximate surface area is 220 Å². The van der Waals surface area contributed by atoms with Crippen LogP contribution in [0.1, 0.15) is 50.9 Å². The van der Waals surface area contributed by atoms with Crippen LogP contribution in [0.15, 0.2) is 12.3 Å². The molecule has 10 nitrogen and oxygen atoms in total. The Kier molecular flexibility index (Phi) is 7.10. The van der Waals surface area contributed by atoms with Crippen molar-refractivity contribution in [1.82, 2.24) is 19.9 Å². The largest absolute Gasteiger partial charge is 0.388 e. The number of aliphatic hydroxyl groups excluding tert-OH is 1. The van der Waals surface area contributed by atoms with Crippen LogP contribution in [0.5, 0.6) is 0 Å². The molecular formula is C26H36N6O4S. The minimum atomic E-state index is -1.53. The molecule has 0 radical (unpaired) electrons. The Morgan fingerprint density at radius 2 is 1.86 bits per heavy atom. The number of fused-ring (bicyclic) bond motifs is 1. The van der Waals surface area contributed by atoms with E-state index in [0.717, 1.165) is 15.9 Å². The molecule has 3 unspecified atom stereocenters. The number of anilines is 2. The molecule has 1 saturated heterocycles. The Bertz CT molecular complexity index is 1280. The summed E-state index contributed by atoms with van der Waals surface area (Å²) in [5.74, 6) is 0.929. The highest BCUT2D eigenvalue weighted by Crippen LogP contribution is 2.42. The lowest BCUT2D eigenvalue weighted by Crippen LogP contribution is -2.48. The summed E-state index contributed by atoms with van der Waals surface area (Å²) in [5.41, 5.74) is 0.556. The maximum atomic E-state index is 11.5. The fraction of sp³-hybridized carbons (Fsp3) is 0.615. The Morgan fingerprint density at radius 1 is 1.11 bits per heavy atom. The van der Waals surface area contributed by atoms with Gasteiger partial charge in [0.05, 0.1) is 27.3 Å². The van der Waals surface area contributed by atoms with E-state index in [1.54, 1.807) is 6.20 Å². The highest BCUT2D eigenvalue weighted by molar-refractivity contribution is 7.21. The topological polar surface area (TPSA) is 146 Å². The third-order valence-electron chi connectivity index (χ3n) is 7.74. The fourth-order valence-corrected chi connectivity index (χ4v) is 6.46. The van der Waals surface area contributed by atoms with E-state index >= 15 is 0 Å². The number of nitrogens with one attached hydrogen (secondary N) is 2. The monoisotopic (exact) mass is 528 g/mol. The average molecular weight is 529 g/mol. The van der Waals surface area contributed by atoms with Crippen molar-refractivity contribution in [3.63, 3.8) is 0 Å². The zero-order chi connectivity index (χ0) is 26.4. The van der Waals surface area contributed by atoms with E-state index in [1.807, 2.05) is 19.9 Å². The van der Waals surface area contributed by atoms with E-state index in [2.05, 4.69) is 34.4 Å². The molecule has 37 heavy (non-hydrogen) atoms. The van der Waals surface area contributed by atoms with Crippen LogP contribution in [0.4, 0.5) is 11.8 Å². The number of thiazole rings is 1. The first kappa shape index (κ1) is 26.2. The van der Waals surface area contributed by atoms with Gasteiger partial charge in [-0.15, -0.1) is 11.3 Å². The maximum Gasteiger partial charge on any atom is 0.225 e. The lowest BCUT2D eigenvalue weighted by atomic mass is 9.91. The van der Waals surface area contributed by atoms with Gasteiger partial charge < -0.3 is 30.7 Å². The second kappa shape index (κ2) is 10.0. The minimum Gasteiger partial charge on any atom is -0.388 e. The molecule has 1 aliphatic carbocycles. The number of pyridine rings is 1. The average Bonchev–Trinajstić information content (AvgIpc) is 3.40. The molecule has 3 aromatic heterocycles. The Hall–Kier alpha value is -2.44. The highest BCUT2D eigenvalue weighted by atomic mass is 32.1. The lowest BCUT2D eigenvalue weighted by Gasteiger charge is -2.33. The van der Waals surface area contributed by atoms with Gasteiger partial charge in [-0.3, -0.25) is 4.98 Å². The summed E-state index contributed by atoms with van der Waals surface area (Å²) in [6.45, 7) is 9.21. The van der Waals surface area contributed by atoms with Gasteiger partial charge in [0.2, 0.25) is 5.95 Å². The van der Waals surface area contributed by atoms with E-state index in [9.17, 15) is 15.3 Å². The zero-order valence-corrected chi connectivity index (χ0v) is 22.6. The van der Waals surface area contributed by atoms with Gasteiger partial charge in [0.25, 0.3) is 0 Å². The molecular weight excluding hydrogens is 492 g/mol. The number of hydrogen-bond acceptors (Lipinski definition) is 11. The number of hydrogen-bond donors (Lipinski definition) is 5. The predicted octanol–water partition coefficient (Wildman–Crippen LogP) is 3.25. The smallest absolute Gasteiger partial charge is 0.225 e. The fourth-order valence-electron chi connectivity index (χ4n) is 5.35. The summed E-state index contributed by atoms with van der Waals surface area (Å²) in [4.78, 5) is 18.6. The van der Waals surface area contributed by atoms with E-state index in [0.29, 0.717) is 66.9 Å². The molecule has 2 aliphatic rings. The van der Waals surface area contributed by atoms with Gasteiger partial charge in [-0.25, -0.2) is 9.97 Å². The van der Waals surface area contributed by atoms with E-state index in [-0.39, 0.29) is 18.4 Å². The number of aliphatic hydroxyl groups is 3. The van der Waals surface area contributed by atoms with Crippen molar-refractivity contribution in [2.45, 2.75) is 70.8 Å². The zero-order valence-electron chi connectivity index (χ0n) is 21.8. The van der Waals surface area contributed by atoms with Gasteiger partial charge >= 0.3 is 0 Å². The SMILES string of the molecule is Cc1nc(NCC2(O)CCOCC2)nc(NC2(O)CCC(C(C)C)C2O)c1-c1nc2c(C)nccc2s1. The summed E-state index contributed by atoms with van der Waals surface area (Å²) >= 11 is 1.51. The molecule has 11 heteroatoms. The van der Waals surface area contributed by atoms with Crippen molar-refractivity contribution in [3.05, 3.63) is 23.7 Å². The van der Waals surface area contributed by atoms with Crippen molar-refractivity contribution in [2.75, 3.05) is 30.4 Å². The Balaban J connectivity index is 1.53. The van der Waals surface area contributed by atoms with Crippen LogP contribution in [-0.4, -0.2) is 72.4 Å². The molecule has 200 valence electrons. The van der Waals surface area contributed by atoms with Crippen molar-refractivity contribution in [2.24, 2.45) is 11.8 Å². The van der Waals surface area contributed by atoms with Gasteiger partial charge in [-0.1, -0.05) is 13.8 Å². The number of aryl methyl sites for hydroxylation is 2. The van der Waals surface area contributed by atoms with Gasteiger partial charge in [-0.2, -0.15) is 4.98 Å². The van der Waals surface area contributed by atoms with E-state index < -0.39 is 17.4 Å².